The second kappa shape index (κ2) is 6.50. The molecule has 1 aliphatic heterocycles. The van der Waals surface area contributed by atoms with Gasteiger partial charge in [-0.05, 0) is 33.5 Å². The quantitative estimate of drug-likeness (QED) is 0.902. The fourth-order valence-electron chi connectivity index (χ4n) is 2.42. The summed E-state index contributed by atoms with van der Waals surface area (Å²) in [7, 11) is 2.21. The van der Waals surface area contributed by atoms with Crippen molar-refractivity contribution in [1.29, 1.82) is 0 Å². The van der Waals surface area contributed by atoms with Crippen molar-refractivity contribution in [2.45, 2.75) is 32.9 Å². The van der Waals surface area contributed by atoms with Gasteiger partial charge in [-0.2, -0.15) is 0 Å². The van der Waals surface area contributed by atoms with Crippen LogP contribution in [0.2, 0.25) is 0 Å². The van der Waals surface area contributed by atoms with Crippen molar-refractivity contribution in [3.05, 3.63) is 11.1 Å². The molecule has 5 heteroatoms. The Kier molecular flexibility index (Phi) is 4.97. The molecule has 1 unspecified atom stereocenters. The molecule has 4 nitrogen and oxygen atoms in total. The maximum absolute atomic E-state index is 4.75. The predicted octanol–water partition coefficient (Wildman–Crippen LogP) is 1.78. The first-order valence-corrected chi connectivity index (χ1v) is 7.69. The van der Waals surface area contributed by atoms with Gasteiger partial charge in [-0.1, -0.05) is 6.92 Å². The van der Waals surface area contributed by atoms with Crippen molar-refractivity contribution in [2.24, 2.45) is 0 Å². The van der Waals surface area contributed by atoms with E-state index in [2.05, 4.69) is 41.4 Å². The van der Waals surface area contributed by atoms with Gasteiger partial charge in [0.1, 0.15) is 0 Å². The van der Waals surface area contributed by atoms with Crippen molar-refractivity contribution >= 4 is 16.5 Å². The van der Waals surface area contributed by atoms with Crippen molar-refractivity contribution in [2.75, 3.05) is 38.1 Å². The molecule has 0 saturated carbocycles. The number of likely N-dealkylation sites (N-methyl/N-ethyl adjacent to an activating group) is 1. The van der Waals surface area contributed by atoms with Crippen LogP contribution in [0.15, 0.2) is 5.38 Å². The van der Waals surface area contributed by atoms with E-state index in [-0.39, 0.29) is 0 Å². The maximum atomic E-state index is 4.75. The third-order valence-electron chi connectivity index (χ3n) is 3.39. The molecule has 1 N–H and O–H groups in total. The normalized spacial score (nSPS) is 22.2. The lowest BCUT2D eigenvalue weighted by Crippen LogP contribution is -2.37. The summed E-state index contributed by atoms with van der Waals surface area (Å²) in [5.41, 5.74) is 1.17. The third kappa shape index (κ3) is 3.43. The average molecular weight is 268 g/mol. The van der Waals surface area contributed by atoms with Crippen molar-refractivity contribution in [3.63, 3.8) is 0 Å². The van der Waals surface area contributed by atoms with Crippen molar-refractivity contribution in [3.8, 4) is 0 Å². The van der Waals surface area contributed by atoms with Crippen molar-refractivity contribution < 1.29 is 0 Å². The summed E-state index contributed by atoms with van der Waals surface area (Å²) < 4.78 is 0. The second-order valence-electron chi connectivity index (χ2n) is 5.06. The fourth-order valence-corrected chi connectivity index (χ4v) is 3.37. The molecule has 2 rings (SSSR count). The zero-order valence-electron chi connectivity index (χ0n) is 11.6. The summed E-state index contributed by atoms with van der Waals surface area (Å²) >= 11 is 1.78. The smallest absolute Gasteiger partial charge is 0.185 e. The van der Waals surface area contributed by atoms with E-state index in [1.165, 1.54) is 23.8 Å². The Labute approximate surface area is 114 Å². The number of hydrogen-bond donors (Lipinski definition) is 1. The first-order valence-electron chi connectivity index (χ1n) is 6.81. The molecular weight excluding hydrogens is 244 g/mol. The summed E-state index contributed by atoms with van der Waals surface area (Å²) in [4.78, 5) is 9.63. The van der Waals surface area contributed by atoms with Crippen LogP contribution in [0.3, 0.4) is 0 Å². The molecule has 1 saturated heterocycles. The molecule has 102 valence electrons. The Balaban J connectivity index is 2.02. The van der Waals surface area contributed by atoms with E-state index in [1.807, 2.05) is 0 Å². The molecule has 2 heterocycles. The van der Waals surface area contributed by atoms with Gasteiger partial charge in [-0.15, -0.1) is 11.3 Å². The predicted molar refractivity (Wildman–Crippen MR) is 78.4 cm³/mol. The summed E-state index contributed by atoms with van der Waals surface area (Å²) in [6, 6.07) is 0.552. The van der Waals surface area contributed by atoms with Crippen LogP contribution in [0, 0.1) is 0 Å². The summed E-state index contributed by atoms with van der Waals surface area (Å²) in [6.45, 7) is 9.75. The molecule has 1 atom stereocenters. The van der Waals surface area contributed by atoms with Crippen LogP contribution in [0.25, 0.3) is 0 Å². The third-order valence-corrected chi connectivity index (χ3v) is 4.31. The highest BCUT2D eigenvalue weighted by Gasteiger charge is 2.21. The first-order chi connectivity index (χ1) is 8.70. The van der Waals surface area contributed by atoms with Crippen LogP contribution in [-0.2, 0) is 6.54 Å². The highest BCUT2D eigenvalue weighted by atomic mass is 32.1. The summed E-state index contributed by atoms with van der Waals surface area (Å²) in [5.74, 6) is 0. The Morgan fingerprint density at radius 2 is 2.33 bits per heavy atom. The molecular formula is C13H24N4S. The van der Waals surface area contributed by atoms with Crippen LogP contribution in [0.1, 0.15) is 26.0 Å². The molecule has 0 aliphatic carbocycles. The first kappa shape index (κ1) is 13.8. The second-order valence-corrected chi connectivity index (χ2v) is 5.90. The van der Waals surface area contributed by atoms with E-state index in [4.69, 9.17) is 4.98 Å². The molecule has 1 aromatic heterocycles. The van der Waals surface area contributed by atoms with Crippen LogP contribution >= 0.6 is 11.3 Å². The van der Waals surface area contributed by atoms with E-state index in [0.717, 1.165) is 26.2 Å². The van der Waals surface area contributed by atoms with Gasteiger partial charge in [0.05, 0.1) is 5.69 Å². The lowest BCUT2D eigenvalue weighted by molar-refractivity contribution is 0.337. The Hall–Kier alpha value is -0.650. The molecule has 0 radical (unpaired) electrons. The van der Waals surface area contributed by atoms with Crippen LogP contribution in [0.4, 0.5) is 5.13 Å². The van der Waals surface area contributed by atoms with E-state index in [1.54, 1.807) is 11.3 Å². The minimum atomic E-state index is 0.552. The Morgan fingerprint density at radius 3 is 3.11 bits per heavy atom. The summed E-state index contributed by atoms with van der Waals surface area (Å²) in [5, 5.41) is 6.69. The number of aromatic nitrogens is 1. The summed E-state index contributed by atoms with van der Waals surface area (Å²) in [6.07, 6.45) is 1.23. The zero-order valence-corrected chi connectivity index (χ0v) is 12.5. The van der Waals surface area contributed by atoms with Crippen LogP contribution in [-0.4, -0.2) is 49.2 Å². The average Bonchev–Trinajstić information content (AvgIpc) is 2.73. The molecule has 1 fully saturated rings. The molecule has 0 bridgehead atoms. The largest absolute Gasteiger partial charge is 0.344 e. The van der Waals surface area contributed by atoms with Gasteiger partial charge < -0.3 is 15.1 Å². The van der Waals surface area contributed by atoms with E-state index < -0.39 is 0 Å². The monoisotopic (exact) mass is 268 g/mol. The SMILES string of the molecule is CCNCc1csc(N2CCCN(C)CC2C)n1. The minimum absolute atomic E-state index is 0.552. The highest BCUT2D eigenvalue weighted by molar-refractivity contribution is 7.13. The lowest BCUT2D eigenvalue weighted by Gasteiger charge is -2.27. The molecule has 1 aromatic rings. The number of nitrogens with zero attached hydrogens (tertiary/aromatic N) is 3. The lowest BCUT2D eigenvalue weighted by atomic mass is 10.3. The molecule has 0 aromatic carbocycles. The number of thiazole rings is 1. The van der Waals surface area contributed by atoms with E-state index in [9.17, 15) is 0 Å². The molecule has 1 aliphatic rings. The van der Waals surface area contributed by atoms with Crippen LogP contribution < -0.4 is 10.2 Å². The molecule has 18 heavy (non-hydrogen) atoms. The standard InChI is InChI=1S/C13H24N4S/c1-4-14-8-12-10-18-13(15-12)17-7-5-6-16(3)9-11(17)2/h10-11,14H,4-9H2,1-3H3. The highest BCUT2D eigenvalue weighted by Crippen LogP contribution is 2.24. The van der Waals surface area contributed by atoms with Gasteiger partial charge in [0, 0.05) is 31.1 Å². The Morgan fingerprint density at radius 1 is 1.50 bits per heavy atom. The van der Waals surface area contributed by atoms with Gasteiger partial charge in [0.2, 0.25) is 0 Å². The van der Waals surface area contributed by atoms with E-state index >= 15 is 0 Å². The number of nitrogens with one attached hydrogen (secondary N) is 1. The number of rotatable bonds is 4. The fraction of sp³-hybridized carbons (Fsp3) is 0.769. The van der Waals surface area contributed by atoms with Gasteiger partial charge in [-0.25, -0.2) is 4.98 Å². The van der Waals surface area contributed by atoms with Gasteiger partial charge in [0.15, 0.2) is 5.13 Å². The molecule has 0 spiro atoms. The van der Waals surface area contributed by atoms with Gasteiger partial charge in [0.25, 0.3) is 0 Å². The minimum Gasteiger partial charge on any atom is -0.344 e. The Bertz CT molecular complexity index is 366. The zero-order chi connectivity index (χ0) is 13.0. The van der Waals surface area contributed by atoms with Crippen LogP contribution in [0.5, 0.6) is 0 Å². The number of anilines is 1. The van der Waals surface area contributed by atoms with Gasteiger partial charge >= 0.3 is 0 Å². The van der Waals surface area contributed by atoms with E-state index in [0.29, 0.717) is 6.04 Å². The molecule has 0 amide bonds. The van der Waals surface area contributed by atoms with Gasteiger partial charge in [-0.3, -0.25) is 0 Å². The topological polar surface area (TPSA) is 31.4 Å². The van der Waals surface area contributed by atoms with Crippen molar-refractivity contribution in [1.82, 2.24) is 15.2 Å². The number of hydrogen-bond acceptors (Lipinski definition) is 5. The maximum Gasteiger partial charge on any atom is 0.185 e.